The second-order valence-electron chi connectivity index (χ2n) is 16.4. The summed E-state index contributed by atoms with van der Waals surface area (Å²) in [4.78, 5) is 10.9. The standard InChI is InChI=1S/C59H36N2O/c1-2-16-37(17-3-1)38-18-14-19-40(34-38)58-60-53(36-54(61-58)47-26-15-31-56-57(47)48-25-9-13-30-55(48)62-56)39-32-33-46-42-21-5-4-20-41(42)43-22-6-10-27-49(43)59(52(46)35-39)50-28-11-7-23-44(50)45-24-8-12-29-51(45)59/h1-36H. The third-order valence-corrected chi connectivity index (χ3v) is 13.1. The molecule has 0 radical (unpaired) electrons. The van der Waals surface area contributed by atoms with Crippen LogP contribution in [0.1, 0.15) is 22.3 Å². The smallest absolute Gasteiger partial charge is 0.160 e. The SMILES string of the molecule is c1ccc(-c2cccc(-c3nc(-c4ccc5c(c4)C4(c6ccccc6-c6ccccc6-5)c5ccccc5-c5ccccc54)cc(-c4cccc5oc6ccccc6c45)n3)c2)cc1. The van der Waals surface area contributed by atoms with E-state index in [1.54, 1.807) is 0 Å². The molecule has 0 unspecified atom stereocenters. The zero-order valence-electron chi connectivity index (χ0n) is 33.6. The van der Waals surface area contributed by atoms with Gasteiger partial charge in [0.1, 0.15) is 11.2 Å². The fraction of sp³-hybridized carbons (Fsp3) is 0.0169. The Labute approximate surface area is 359 Å². The van der Waals surface area contributed by atoms with Crippen LogP contribution in [0.15, 0.2) is 223 Å². The minimum absolute atomic E-state index is 0.599. The Kier molecular flexibility index (Phi) is 7.52. The molecule has 0 bridgehead atoms. The van der Waals surface area contributed by atoms with Gasteiger partial charge in [-0.2, -0.15) is 0 Å². The van der Waals surface area contributed by atoms with E-state index in [0.717, 1.165) is 61.1 Å². The Hall–Kier alpha value is -8.14. The number of hydrogen-bond acceptors (Lipinski definition) is 3. The van der Waals surface area contributed by atoms with Crippen molar-refractivity contribution in [3.05, 3.63) is 241 Å². The Morgan fingerprint density at radius 1 is 0.306 bits per heavy atom. The molecule has 0 fully saturated rings. The number of para-hydroxylation sites is 1. The van der Waals surface area contributed by atoms with Gasteiger partial charge in [-0.15, -0.1) is 0 Å². The molecule has 0 saturated heterocycles. The molecule has 0 amide bonds. The molecule has 3 nitrogen and oxygen atoms in total. The van der Waals surface area contributed by atoms with Crippen LogP contribution in [0, 0.1) is 0 Å². The molecule has 288 valence electrons. The molecule has 1 spiro atoms. The molecule has 62 heavy (non-hydrogen) atoms. The summed E-state index contributed by atoms with van der Waals surface area (Å²) in [6, 6.07) is 78.8. The molecule has 0 atom stereocenters. The Morgan fingerprint density at radius 2 is 0.823 bits per heavy atom. The first-order valence-electron chi connectivity index (χ1n) is 21.2. The number of fused-ring (bicyclic) bond motifs is 15. The Balaban J connectivity index is 1.11. The molecule has 2 aliphatic carbocycles. The van der Waals surface area contributed by atoms with Crippen molar-refractivity contribution >= 4 is 21.9 Å². The number of furan rings is 1. The van der Waals surface area contributed by atoms with E-state index in [4.69, 9.17) is 14.4 Å². The topological polar surface area (TPSA) is 38.9 Å². The van der Waals surface area contributed by atoms with Gasteiger partial charge >= 0.3 is 0 Å². The van der Waals surface area contributed by atoms with Crippen LogP contribution in [0.2, 0.25) is 0 Å². The van der Waals surface area contributed by atoms with E-state index in [-0.39, 0.29) is 0 Å². The lowest BCUT2D eigenvalue weighted by molar-refractivity contribution is 0.669. The highest BCUT2D eigenvalue weighted by atomic mass is 16.3. The third kappa shape index (κ3) is 5.00. The van der Waals surface area contributed by atoms with Crippen LogP contribution in [0.4, 0.5) is 0 Å². The van der Waals surface area contributed by atoms with Crippen LogP contribution in [0.25, 0.3) is 100 Å². The zero-order chi connectivity index (χ0) is 40.8. The Morgan fingerprint density at radius 3 is 1.55 bits per heavy atom. The molecule has 9 aromatic carbocycles. The average molecular weight is 789 g/mol. The molecule has 2 heterocycles. The lowest BCUT2D eigenvalue weighted by Crippen LogP contribution is -2.29. The van der Waals surface area contributed by atoms with Crippen molar-refractivity contribution in [2.24, 2.45) is 0 Å². The van der Waals surface area contributed by atoms with Gasteiger partial charge in [0.15, 0.2) is 5.82 Å². The quantitative estimate of drug-likeness (QED) is 0.178. The van der Waals surface area contributed by atoms with Crippen LogP contribution in [0.3, 0.4) is 0 Å². The molecule has 3 heteroatoms. The highest BCUT2D eigenvalue weighted by molar-refractivity contribution is 6.12. The molecule has 13 rings (SSSR count). The third-order valence-electron chi connectivity index (χ3n) is 13.1. The summed E-state index contributed by atoms with van der Waals surface area (Å²) in [5, 5.41) is 2.11. The maximum absolute atomic E-state index is 6.41. The van der Waals surface area contributed by atoms with Gasteiger partial charge in [0.05, 0.1) is 16.8 Å². The monoisotopic (exact) mass is 788 g/mol. The highest BCUT2D eigenvalue weighted by Crippen LogP contribution is 2.61. The number of benzene rings is 9. The lowest BCUT2D eigenvalue weighted by atomic mass is 9.65. The summed E-state index contributed by atoms with van der Waals surface area (Å²) < 4.78 is 6.41. The first kappa shape index (κ1) is 34.7. The van der Waals surface area contributed by atoms with Crippen molar-refractivity contribution < 1.29 is 4.42 Å². The number of hydrogen-bond donors (Lipinski definition) is 0. The van der Waals surface area contributed by atoms with Crippen molar-refractivity contribution in [3.8, 4) is 78.4 Å². The number of rotatable bonds is 4. The summed E-state index contributed by atoms with van der Waals surface area (Å²) in [5.74, 6) is 0.664. The predicted molar refractivity (Wildman–Crippen MR) is 253 cm³/mol. The summed E-state index contributed by atoms with van der Waals surface area (Å²) in [7, 11) is 0. The first-order valence-corrected chi connectivity index (χ1v) is 21.2. The molecule has 11 aromatic rings. The summed E-state index contributed by atoms with van der Waals surface area (Å²) in [6.45, 7) is 0. The maximum atomic E-state index is 6.41. The van der Waals surface area contributed by atoms with E-state index in [9.17, 15) is 0 Å². The van der Waals surface area contributed by atoms with Crippen molar-refractivity contribution in [2.75, 3.05) is 0 Å². The van der Waals surface area contributed by atoms with Gasteiger partial charge in [0, 0.05) is 27.5 Å². The van der Waals surface area contributed by atoms with E-state index in [1.165, 1.54) is 55.6 Å². The van der Waals surface area contributed by atoms with Crippen LogP contribution in [-0.4, -0.2) is 9.97 Å². The maximum Gasteiger partial charge on any atom is 0.160 e. The van der Waals surface area contributed by atoms with Gasteiger partial charge in [0.25, 0.3) is 0 Å². The van der Waals surface area contributed by atoms with Gasteiger partial charge in [-0.05, 0) is 97.1 Å². The minimum atomic E-state index is -0.599. The first-order chi connectivity index (χ1) is 30.7. The molecular formula is C59H36N2O. The average Bonchev–Trinajstić information content (AvgIpc) is 3.85. The van der Waals surface area contributed by atoms with E-state index >= 15 is 0 Å². The molecular weight excluding hydrogens is 753 g/mol. The van der Waals surface area contributed by atoms with E-state index < -0.39 is 5.41 Å². The van der Waals surface area contributed by atoms with Crippen molar-refractivity contribution in [3.63, 3.8) is 0 Å². The van der Waals surface area contributed by atoms with Gasteiger partial charge in [-0.1, -0.05) is 188 Å². The predicted octanol–water partition coefficient (Wildman–Crippen LogP) is 15.1. The second-order valence-corrected chi connectivity index (χ2v) is 16.4. The summed E-state index contributed by atoms with van der Waals surface area (Å²) in [6.07, 6.45) is 0. The Bertz CT molecular complexity index is 3550. The molecule has 0 saturated carbocycles. The van der Waals surface area contributed by atoms with Gasteiger partial charge < -0.3 is 4.42 Å². The molecule has 2 aliphatic rings. The minimum Gasteiger partial charge on any atom is -0.456 e. The van der Waals surface area contributed by atoms with E-state index in [2.05, 4.69) is 200 Å². The van der Waals surface area contributed by atoms with Gasteiger partial charge in [-0.3, -0.25) is 0 Å². The second kappa shape index (κ2) is 13.4. The van der Waals surface area contributed by atoms with E-state index in [0.29, 0.717) is 5.82 Å². The number of nitrogens with zero attached hydrogens (tertiary/aromatic N) is 2. The summed E-state index contributed by atoms with van der Waals surface area (Å²) >= 11 is 0. The van der Waals surface area contributed by atoms with Crippen LogP contribution in [-0.2, 0) is 5.41 Å². The van der Waals surface area contributed by atoms with Crippen LogP contribution < -0.4 is 0 Å². The molecule has 0 N–H and O–H groups in total. The molecule has 0 aliphatic heterocycles. The fourth-order valence-electron chi connectivity index (χ4n) is 10.5. The van der Waals surface area contributed by atoms with Gasteiger partial charge in [-0.25, -0.2) is 9.97 Å². The van der Waals surface area contributed by atoms with Gasteiger partial charge in [0.2, 0.25) is 0 Å². The zero-order valence-corrected chi connectivity index (χ0v) is 33.6. The van der Waals surface area contributed by atoms with Crippen molar-refractivity contribution in [1.82, 2.24) is 9.97 Å². The van der Waals surface area contributed by atoms with Crippen LogP contribution in [0.5, 0.6) is 0 Å². The lowest BCUT2D eigenvalue weighted by Gasteiger charge is -2.35. The normalized spacial score (nSPS) is 13.0. The highest BCUT2D eigenvalue weighted by Gasteiger charge is 2.49. The summed E-state index contributed by atoms with van der Waals surface area (Å²) in [5.41, 5.74) is 20.6. The van der Waals surface area contributed by atoms with Crippen molar-refractivity contribution in [2.45, 2.75) is 5.41 Å². The van der Waals surface area contributed by atoms with Crippen LogP contribution >= 0.6 is 0 Å². The van der Waals surface area contributed by atoms with Crippen molar-refractivity contribution in [1.29, 1.82) is 0 Å². The fourth-order valence-corrected chi connectivity index (χ4v) is 10.5. The number of aromatic nitrogens is 2. The largest absolute Gasteiger partial charge is 0.456 e. The molecule has 2 aromatic heterocycles. The van der Waals surface area contributed by atoms with E-state index in [1.807, 2.05) is 18.2 Å².